The molecule has 2 aliphatic rings. The van der Waals surface area contributed by atoms with Gasteiger partial charge in [-0.2, -0.15) is 0 Å². The Bertz CT molecular complexity index is 3120. The Kier molecular flexibility index (Phi) is 6.76. The minimum absolute atomic E-state index is 0.0259. The number of nitrogens with zero attached hydrogens (tertiary/aromatic N) is 2. The van der Waals surface area contributed by atoms with E-state index in [-0.39, 0.29) is 5.41 Å². The zero-order valence-corrected chi connectivity index (χ0v) is 31.3. The second-order valence-corrected chi connectivity index (χ2v) is 16.6. The van der Waals surface area contributed by atoms with Gasteiger partial charge in [-0.1, -0.05) is 128 Å². The minimum atomic E-state index is -0.0259. The fraction of sp³-hybridized carbons (Fsp3) is 0.115. The van der Waals surface area contributed by atoms with Crippen LogP contribution >= 0.6 is 11.3 Å². The number of fused-ring (bicyclic) bond motifs is 12. The molecule has 8 aromatic carbocycles. The van der Waals surface area contributed by atoms with Crippen LogP contribution in [0.15, 0.2) is 170 Å². The van der Waals surface area contributed by atoms with Crippen molar-refractivity contribution in [2.24, 2.45) is 0 Å². The number of para-hydroxylation sites is 2. The molecule has 1 aliphatic heterocycles. The average molecular weight is 723 g/mol. The SMILES string of the molecule is c1ccc(N(c2ccc(-c3ccc4c(c3)C3(CCCCC3)c3cc5c6ccccc6sc5c5c6ccccc6n-4c35)cc2)c2cccc3ccccc23)cc1. The van der Waals surface area contributed by atoms with Gasteiger partial charge in [-0.15, -0.1) is 11.3 Å². The lowest BCUT2D eigenvalue weighted by Crippen LogP contribution is -2.35. The standard InChI is InChI=1S/C52H38N2S/c1-3-16-37(17-4-1)53(45-22-13-15-35-14-5-6-18-39(35)45)38-27-24-34(25-28-38)36-26-29-47-43(32-36)52(30-11-2-12-31-52)44-33-42-40-19-8-10-23-48(40)55-51(42)49-41-20-7-9-21-46(41)54(47)50(44)49/h1,3-10,13-29,32-33H,2,11-12,30-31H2. The van der Waals surface area contributed by atoms with Gasteiger partial charge in [0.05, 0.1) is 22.4 Å². The van der Waals surface area contributed by atoms with Crippen LogP contribution in [0.2, 0.25) is 0 Å². The number of anilines is 3. The van der Waals surface area contributed by atoms with Crippen molar-refractivity contribution in [3.05, 3.63) is 181 Å². The lowest BCUT2D eigenvalue weighted by atomic mass is 9.63. The van der Waals surface area contributed by atoms with Crippen LogP contribution < -0.4 is 4.90 Å². The molecule has 0 atom stereocenters. The maximum atomic E-state index is 2.62. The molecule has 12 rings (SSSR count). The summed E-state index contributed by atoms with van der Waals surface area (Å²) >= 11 is 1.96. The first-order valence-corrected chi connectivity index (χ1v) is 20.5. The summed E-state index contributed by atoms with van der Waals surface area (Å²) < 4.78 is 5.42. The van der Waals surface area contributed by atoms with Gasteiger partial charge in [0.2, 0.25) is 0 Å². The van der Waals surface area contributed by atoms with E-state index < -0.39 is 0 Å². The van der Waals surface area contributed by atoms with Crippen molar-refractivity contribution in [3.63, 3.8) is 0 Å². The fourth-order valence-electron chi connectivity index (χ4n) is 10.3. The molecule has 2 aromatic heterocycles. The maximum absolute atomic E-state index is 2.62. The highest BCUT2D eigenvalue weighted by Crippen LogP contribution is 2.57. The zero-order valence-electron chi connectivity index (χ0n) is 30.5. The molecule has 1 saturated carbocycles. The Labute approximate surface area is 324 Å². The first kappa shape index (κ1) is 31.2. The smallest absolute Gasteiger partial charge is 0.0596 e. The molecule has 1 spiro atoms. The van der Waals surface area contributed by atoms with Crippen molar-refractivity contribution < 1.29 is 0 Å². The molecular weight excluding hydrogens is 685 g/mol. The maximum Gasteiger partial charge on any atom is 0.0596 e. The Morgan fingerprint density at radius 2 is 1.20 bits per heavy atom. The summed E-state index contributed by atoms with van der Waals surface area (Å²) in [5.74, 6) is 0. The summed E-state index contributed by atoms with van der Waals surface area (Å²) in [6, 6.07) is 63.4. The summed E-state index contributed by atoms with van der Waals surface area (Å²) in [5, 5.41) is 8.09. The fourth-order valence-corrected chi connectivity index (χ4v) is 11.5. The molecule has 1 fully saturated rings. The van der Waals surface area contributed by atoms with Crippen LogP contribution in [0, 0.1) is 0 Å². The van der Waals surface area contributed by atoms with Gasteiger partial charge in [-0.05, 0) is 101 Å². The molecule has 3 heterocycles. The zero-order chi connectivity index (χ0) is 36.1. The Balaban J connectivity index is 1.05. The van der Waals surface area contributed by atoms with E-state index in [0.29, 0.717) is 0 Å². The van der Waals surface area contributed by atoms with Crippen LogP contribution in [0.3, 0.4) is 0 Å². The lowest BCUT2D eigenvalue weighted by Gasteiger charge is -2.43. The second kappa shape index (κ2) is 11.9. The number of hydrogen-bond acceptors (Lipinski definition) is 2. The number of hydrogen-bond donors (Lipinski definition) is 0. The molecule has 10 aromatic rings. The van der Waals surface area contributed by atoms with E-state index in [0.717, 1.165) is 11.4 Å². The monoisotopic (exact) mass is 722 g/mol. The average Bonchev–Trinajstić information content (AvgIpc) is 3.80. The summed E-state index contributed by atoms with van der Waals surface area (Å²) in [6.45, 7) is 0. The van der Waals surface area contributed by atoms with Crippen molar-refractivity contribution in [3.8, 4) is 16.8 Å². The molecule has 0 radical (unpaired) electrons. The molecule has 2 nitrogen and oxygen atoms in total. The van der Waals surface area contributed by atoms with Crippen molar-refractivity contribution >= 4 is 81.1 Å². The molecule has 55 heavy (non-hydrogen) atoms. The van der Waals surface area contributed by atoms with Crippen LogP contribution in [0.4, 0.5) is 17.1 Å². The third kappa shape index (κ3) is 4.48. The normalized spacial score (nSPS) is 14.7. The number of thiophene rings is 1. The Morgan fingerprint density at radius 1 is 0.509 bits per heavy atom. The van der Waals surface area contributed by atoms with Gasteiger partial charge in [0.1, 0.15) is 0 Å². The molecule has 0 unspecified atom stereocenters. The van der Waals surface area contributed by atoms with E-state index in [1.54, 1.807) is 0 Å². The number of rotatable bonds is 4. The number of benzene rings is 8. The van der Waals surface area contributed by atoms with Crippen LogP contribution in [0.25, 0.3) is 69.6 Å². The van der Waals surface area contributed by atoms with E-state index in [1.165, 1.54) is 118 Å². The third-order valence-electron chi connectivity index (χ3n) is 12.7. The molecule has 1 aliphatic carbocycles. The predicted octanol–water partition coefficient (Wildman–Crippen LogP) is 15.0. The number of aromatic nitrogens is 1. The highest BCUT2D eigenvalue weighted by Gasteiger charge is 2.44. The van der Waals surface area contributed by atoms with E-state index in [4.69, 9.17) is 0 Å². The van der Waals surface area contributed by atoms with Gasteiger partial charge in [0.25, 0.3) is 0 Å². The summed E-state index contributed by atoms with van der Waals surface area (Å²) in [5.41, 5.74) is 13.1. The van der Waals surface area contributed by atoms with Gasteiger partial charge in [-0.25, -0.2) is 0 Å². The van der Waals surface area contributed by atoms with E-state index >= 15 is 0 Å². The molecule has 0 N–H and O–H groups in total. The van der Waals surface area contributed by atoms with Gasteiger partial charge in [0.15, 0.2) is 0 Å². The molecule has 0 amide bonds. The summed E-state index contributed by atoms with van der Waals surface area (Å²) in [7, 11) is 0. The molecular formula is C52H38N2S. The molecule has 0 bridgehead atoms. The van der Waals surface area contributed by atoms with Crippen molar-refractivity contribution in [1.82, 2.24) is 4.57 Å². The van der Waals surface area contributed by atoms with Crippen LogP contribution in [-0.2, 0) is 5.41 Å². The molecule has 0 saturated heterocycles. The van der Waals surface area contributed by atoms with E-state index in [2.05, 4.69) is 179 Å². The minimum Gasteiger partial charge on any atom is -0.310 e. The van der Waals surface area contributed by atoms with Crippen molar-refractivity contribution in [1.29, 1.82) is 0 Å². The van der Waals surface area contributed by atoms with Gasteiger partial charge < -0.3 is 9.47 Å². The molecule has 3 heteroatoms. The topological polar surface area (TPSA) is 8.17 Å². The van der Waals surface area contributed by atoms with Gasteiger partial charge >= 0.3 is 0 Å². The predicted molar refractivity (Wildman–Crippen MR) is 235 cm³/mol. The van der Waals surface area contributed by atoms with E-state index in [1.807, 2.05) is 11.3 Å². The Hall–Kier alpha value is -6.16. The first-order valence-electron chi connectivity index (χ1n) is 19.7. The van der Waals surface area contributed by atoms with Crippen LogP contribution in [0.5, 0.6) is 0 Å². The lowest BCUT2D eigenvalue weighted by molar-refractivity contribution is 0.345. The van der Waals surface area contributed by atoms with Crippen LogP contribution in [0.1, 0.15) is 43.2 Å². The summed E-state index contributed by atoms with van der Waals surface area (Å²) in [6.07, 6.45) is 6.19. The third-order valence-corrected chi connectivity index (χ3v) is 13.9. The van der Waals surface area contributed by atoms with Gasteiger partial charge in [-0.3, -0.25) is 0 Å². The van der Waals surface area contributed by atoms with E-state index in [9.17, 15) is 0 Å². The van der Waals surface area contributed by atoms with Crippen LogP contribution in [-0.4, -0.2) is 4.57 Å². The Morgan fingerprint density at radius 3 is 2.05 bits per heavy atom. The largest absolute Gasteiger partial charge is 0.310 e. The molecule has 262 valence electrons. The second-order valence-electron chi connectivity index (χ2n) is 15.6. The van der Waals surface area contributed by atoms with Crippen molar-refractivity contribution in [2.45, 2.75) is 37.5 Å². The highest BCUT2D eigenvalue weighted by molar-refractivity contribution is 7.26. The van der Waals surface area contributed by atoms with Gasteiger partial charge in [0, 0.05) is 53.1 Å². The summed E-state index contributed by atoms with van der Waals surface area (Å²) in [4.78, 5) is 2.39. The highest BCUT2D eigenvalue weighted by atomic mass is 32.1. The quantitative estimate of drug-likeness (QED) is 0.176. The van der Waals surface area contributed by atoms with Crippen molar-refractivity contribution in [2.75, 3.05) is 4.90 Å². The first-order chi connectivity index (χ1) is 27.3.